The highest BCUT2D eigenvalue weighted by Crippen LogP contribution is 2.36. The molecule has 0 N–H and O–H groups in total. The summed E-state index contributed by atoms with van der Waals surface area (Å²) in [4.78, 5) is 30.6. The normalized spacial score (nSPS) is 17.2. The van der Waals surface area contributed by atoms with Crippen LogP contribution in [-0.2, 0) is 9.59 Å². The summed E-state index contributed by atoms with van der Waals surface area (Å²) in [5, 5.41) is 0. The number of anilines is 1. The zero-order valence-electron chi connectivity index (χ0n) is 18.6. The number of hydrogen-bond donors (Lipinski definition) is 0. The van der Waals surface area contributed by atoms with Crippen LogP contribution in [0.4, 0.5) is 5.69 Å². The molecule has 2 aliphatic rings. The monoisotopic (exact) mass is 418 g/mol. The smallest absolute Gasteiger partial charge is 0.282 e. The van der Waals surface area contributed by atoms with Gasteiger partial charge < -0.3 is 9.64 Å². The van der Waals surface area contributed by atoms with E-state index in [1.54, 1.807) is 0 Å². The second-order valence-corrected chi connectivity index (χ2v) is 8.42. The molecule has 5 heteroatoms. The molecule has 5 nitrogen and oxygen atoms in total. The van der Waals surface area contributed by atoms with Crippen molar-refractivity contribution in [1.82, 2.24) is 4.90 Å². The molecular weight excluding hydrogens is 388 g/mol. The lowest BCUT2D eigenvalue weighted by molar-refractivity contribution is -0.120. The van der Waals surface area contributed by atoms with Crippen LogP contribution in [0.1, 0.15) is 57.1 Å². The summed E-state index contributed by atoms with van der Waals surface area (Å²) in [5.41, 5.74) is 3.57. The van der Waals surface area contributed by atoms with Crippen molar-refractivity contribution >= 4 is 23.1 Å². The van der Waals surface area contributed by atoms with Gasteiger partial charge in [0.15, 0.2) is 0 Å². The van der Waals surface area contributed by atoms with Gasteiger partial charge in [-0.2, -0.15) is 0 Å². The highest BCUT2D eigenvalue weighted by molar-refractivity contribution is 6.45. The lowest BCUT2D eigenvalue weighted by Gasteiger charge is -2.29. The van der Waals surface area contributed by atoms with Crippen LogP contribution < -0.4 is 9.64 Å². The molecule has 2 aromatic carbocycles. The topological polar surface area (TPSA) is 49.9 Å². The Morgan fingerprint density at radius 1 is 0.871 bits per heavy atom. The van der Waals surface area contributed by atoms with E-state index in [1.807, 2.05) is 55.5 Å². The van der Waals surface area contributed by atoms with Gasteiger partial charge in [-0.3, -0.25) is 9.59 Å². The van der Waals surface area contributed by atoms with Gasteiger partial charge in [-0.1, -0.05) is 38.1 Å². The summed E-state index contributed by atoms with van der Waals surface area (Å²) < 4.78 is 5.55. The highest BCUT2D eigenvalue weighted by atomic mass is 16.5. The molecule has 2 amide bonds. The number of imide groups is 1. The van der Waals surface area contributed by atoms with E-state index in [0.29, 0.717) is 29.5 Å². The zero-order valence-corrected chi connectivity index (χ0v) is 18.6. The van der Waals surface area contributed by atoms with Crippen molar-refractivity contribution < 1.29 is 14.3 Å². The van der Waals surface area contributed by atoms with Crippen LogP contribution in [0.3, 0.4) is 0 Å². The molecule has 162 valence electrons. The zero-order chi connectivity index (χ0) is 22.0. The maximum atomic E-state index is 13.6. The lowest BCUT2D eigenvalue weighted by Crippen LogP contribution is -2.37. The van der Waals surface area contributed by atoms with E-state index in [0.717, 1.165) is 43.7 Å². The molecule has 1 fully saturated rings. The summed E-state index contributed by atoms with van der Waals surface area (Å²) in [6.45, 7) is 8.37. The first-order valence-electron chi connectivity index (χ1n) is 11.2. The average Bonchev–Trinajstić information content (AvgIpc) is 3.05. The average molecular weight is 419 g/mol. The Hall–Kier alpha value is -3.08. The molecule has 0 spiro atoms. The van der Waals surface area contributed by atoms with Crippen molar-refractivity contribution in [1.29, 1.82) is 0 Å². The molecule has 0 radical (unpaired) electrons. The number of hydrogen-bond acceptors (Lipinski definition) is 4. The van der Waals surface area contributed by atoms with E-state index in [4.69, 9.17) is 4.74 Å². The predicted octanol–water partition coefficient (Wildman–Crippen LogP) is 4.98. The predicted molar refractivity (Wildman–Crippen MR) is 123 cm³/mol. The molecule has 0 saturated carbocycles. The minimum Gasteiger partial charge on any atom is -0.494 e. The lowest BCUT2D eigenvalue weighted by atomic mass is 10.0. The highest BCUT2D eigenvalue weighted by Gasteiger charge is 2.42. The number of rotatable bonds is 6. The van der Waals surface area contributed by atoms with Gasteiger partial charge in [-0.25, -0.2) is 4.90 Å². The van der Waals surface area contributed by atoms with E-state index in [1.165, 1.54) is 10.5 Å². The molecule has 31 heavy (non-hydrogen) atoms. The van der Waals surface area contributed by atoms with Gasteiger partial charge in [0.05, 0.1) is 17.9 Å². The van der Waals surface area contributed by atoms with Gasteiger partial charge >= 0.3 is 0 Å². The van der Waals surface area contributed by atoms with Crippen molar-refractivity contribution in [3.8, 4) is 5.75 Å². The van der Waals surface area contributed by atoms with Crippen LogP contribution in [0, 0.1) is 0 Å². The van der Waals surface area contributed by atoms with Crippen molar-refractivity contribution in [2.45, 2.75) is 46.0 Å². The minimum atomic E-state index is -0.257. The number of nitrogens with zero attached hydrogens (tertiary/aromatic N) is 2. The molecule has 0 aromatic heterocycles. The van der Waals surface area contributed by atoms with Gasteiger partial charge in [0.1, 0.15) is 11.4 Å². The number of piperidine rings is 1. The molecule has 0 bridgehead atoms. The largest absolute Gasteiger partial charge is 0.494 e. The molecule has 2 aromatic rings. The Balaban J connectivity index is 1.74. The van der Waals surface area contributed by atoms with E-state index in [2.05, 4.69) is 18.7 Å². The molecule has 0 atom stereocenters. The Morgan fingerprint density at radius 2 is 1.52 bits per heavy atom. The number of likely N-dealkylation sites (tertiary alicyclic amines) is 1. The maximum absolute atomic E-state index is 13.6. The molecule has 0 aliphatic carbocycles. The fraction of sp³-hybridized carbons (Fsp3) is 0.385. The van der Waals surface area contributed by atoms with E-state index >= 15 is 0 Å². The molecule has 4 rings (SSSR count). The van der Waals surface area contributed by atoms with Gasteiger partial charge in [0, 0.05) is 13.1 Å². The first-order valence-corrected chi connectivity index (χ1v) is 11.2. The fourth-order valence-electron chi connectivity index (χ4n) is 4.32. The number of amides is 2. The first-order chi connectivity index (χ1) is 15.0. The molecule has 1 saturated heterocycles. The quantitative estimate of drug-likeness (QED) is 0.621. The van der Waals surface area contributed by atoms with E-state index in [9.17, 15) is 9.59 Å². The summed E-state index contributed by atoms with van der Waals surface area (Å²) in [5.74, 6) is 0.657. The van der Waals surface area contributed by atoms with Gasteiger partial charge in [0.2, 0.25) is 0 Å². The van der Waals surface area contributed by atoms with E-state index < -0.39 is 0 Å². The van der Waals surface area contributed by atoms with Gasteiger partial charge in [0.25, 0.3) is 11.8 Å². The molecule has 0 unspecified atom stereocenters. The Labute approximate surface area is 184 Å². The third-order valence-corrected chi connectivity index (χ3v) is 6.00. The van der Waals surface area contributed by atoms with Crippen molar-refractivity contribution in [2.75, 3.05) is 24.6 Å². The molecule has 2 aliphatic heterocycles. The second-order valence-electron chi connectivity index (χ2n) is 8.42. The standard InChI is InChI=1S/C26H30N2O3/c1-4-31-22-14-10-20(11-15-22)23-24(27-16-6-5-7-17-27)26(30)28(25(23)29)21-12-8-19(9-13-21)18(2)3/h8-15,18H,4-7,16-17H2,1-3H3. The van der Waals surface area contributed by atoms with Crippen LogP contribution in [0.15, 0.2) is 54.2 Å². The third kappa shape index (κ3) is 4.09. The number of benzene rings is 2. The first kappa shape index (κ1) is 21.2. The number of carbonyl (C=O) groups excluding carboxylic acids is 2. The fourth-order valence-corrected chi connectivity index (χ4v) is 4.32. The summed E-state index contributed by atoms with van der Waals surface area (Å²) in [6.07, 6.45) is 3.22. The van der Waals surface area contributed by atoms with Crippen LogP contribution in [-0.4, -0.2) is 36.4 Å². The van der Waals surface area contributed by atoms with Crippen LogP contribution in [0.2, 0.25) is 0 Å². The molecular formula is C26H30N2O3. The Kier molecular flexibility index (Phi) is 6.12. The minimum absolute atomic E-state index is 0.229. The van der Waals surface area contributed by atoms with Crippen LogP contribution in [0.5, 0.6) is 5.75 Å². The van der Waals surface area contributed by atoms with Gasteiger partial charge in [-0.05, 0) is 67.5 Å². The van der Waals surface area contributed by atoms with Crippen LogP contribution >= 0.6 is 0 Å². The van der Waals surface area contributed by atoms with Crippen molar-refractivity contribution in [2.24, 2.45) is 0 Å². The third-order valence-electron chi connectivity index (χ3n) is 6.00. The summed E-state index contributed by atoms with van der Waals surface area (Å²) in [7, 11) is 0. The van der Waals surface area contributed by atoms with Gasteiger partial charge in [-0.15, -0.1) is 0 Å². The summed E-state index contributed by atoms with van der Waals surface area (Å²) in [6, 6.07) is 15.2. The van der Waals surface area contributed by atoms with Crippen molar-refractivity contribution in [3.05, 3.63) is 65.4 Å². The Bertz CT molecular complexity index is 984. The summed E-state index contributed by atoms with van der Waals surface area (Å²) >= 11 is 0. The SMILES string of the molecule is CCOc1ccc(C2=C(N3CCCCC3)C(=O)N(c3ccc(C(C)C)cc3)C2=O)cc1. The maximum Gasteiger partial charge on any atom is 0.282 e. The Morgan fingerprint density at radius 3 is 2.10 bits per heavy atom. The second kappa shape index (κ2) is 8.96. The van der Waals surface area contributed by atoms with E-state index in [-0.39, 0.29) is 11.8 Å². The van der Waals surface area contributed by atoms with Crippen molar-refractivity contribution in [3.63, 3.8) is 0 Å². The van der Waals surface area contributed by atoms with Crippen LogP contribution in [0.25, 0.3) is 5.57 Å². The number of ether oxygens (including phenoxy) is 1. The molecule has 2 heterocycles. The number of carbonyl (C=O) groups is 2.